The summed E-state index contributed by atoms with van der Waals surface area (Å²) < 4.78 is 54.1. The van der Waals surface area contributed by atoms with Crippen molar-refractivity contribution in [3.8, 4) is 5.75 Å². The molecule has 0 saturated heterocycles. The van der Waals surface area contributed by atoms with Crippen LogP contribution in [0.15, 0.2) is 18.2 Å². The minimum absolute atomic E-state index is 0.223. The van der Waals surface area contributed by atoms with Crippen molar-refractivity contribution in [3.05, 3.63) is 28.2 Å². The van der Waals surface area contributed by atoms with Gasteiger partial charge >= 0.3 is 12.3 Å². The first kappa shape index (κ1) is 18.3. The van der Waals surface area contributed by atoms with Gasteiger partial charge in [-0.25, -0.2) is 8.78 Å². The van der Waals surface area contributed by atoms with Gasteiger partial charge in [-0.2, -0.15) is 8.78 Å². The van der Waals surface area contributed by atoms with Crippen LogP contribution in [-0.4, -0.2) is 43.3 Å². The van der Waals surface area contributed by atoms with Gasteiger partial charge in [-0.15, -0.1) is 0 Å². The van der Waals surface area contributed by atoms with Crippen molar-refractivity contribution in [2.24, 2.45) is 0 Å². The number of hydrogen-bond acceptors (Lipinski definition) is 3. The van der Waals surface area contributed by atoms with E-state index in [1.54, 1.807) is 6.07 Å². The summed E-state index contributed by atoms with van der Waals surface area (Å²) in [5.74, 6) is -3.92. The molecule has 0 aliphatic carbocycles. The van der Waals surface area contributed by atoms with Crippen LogP contribution in [0.4, 0.5) is 17.6 Å². The predicted molar refractivity (Wildman–Crippen MR) is 71.8 cm³/mol. The fourth-order valence-corrected chi connectivity index (χ4v) is 1.65. The van der Waals surface area contributed by atoms with E-state index >= 15 is 0 Å². The summed E-state index contributed by atoms with van der Waals surface area (Å²) >= 11 is 11.5. The number of aliphatic hydroxyl groups excluding tert-OH is 1. The summed E-state index contributed by atoms with van der Waals surface area (Å²) in [6.07, 6.45) is -4.93. The average Bonchev–Trinajstić information content (AvgIpc) is 2.39. The Hall–Kier alpha value is -0.760. The molecule has 0 aliphatic heterocycles. The van der Waals surface area contributed by atoms with Crippen LogP contribution in [-0.2, 0) is 0 Å². The van der Waals surface area contributed by atoms with Gasteiger partial charge in [0.1, 0.15) is 18.5 Å². The smallest absolute Gasteiger partial charge is 0.319 e. The Morgan fingerprint density at radius 2 is 1.95 bits per heavy atom. The van der Waals surface area contributed by atoms with Gasteiger partial charge in [0, 0.05) is 17.6 Å². The van der Waals surface area contributed by atoms with E-state index in [1.165, 1.54) is 12.1 Å². The van der Waals surface area contributed by atoms with E-state index in [0.29, 0.717) is 5.02 Å². The topological polar surface area (TPSA) is 41.5 Å². The van der Waals surface area contributed by atoms with Gasteiger partial charge < -0.3 is 15.2 Å². The quantitative estimate of drug-likeness (QED) is 0.708. The monoisotopic (exact) mass is 349 g/mol. The van der Waals surface area contributed by atoms with Gasteiger partial charge in [-0.05, 0) is 12.1 Å². The van der Waals surface area contributed by atoms with Crippen molar-refractivity contribution in [1.29, 1.82) is 0 Å². The normalized spacial score (nSPS) is 13.5. The molecule has 1 unspecified atom stereocenters. The number of benzene rings is 1. The van der Waals surface area contributed by atoms with Crippen molar-refractivity contribution in [2.45, 2.75) is 18.5 Å². The van der Waals surface area contributed by atoms with Crippen molar-refractivity contribution < 1.29 is 27.4 Å². The Labute approximate surface area is 128 Å². The predicted octanol–water partition coefficient (Wildman–Crippen LogP) is 3.22. The molecular weight excluding hydrogens is 337 g/mol. The highest BCUT2D eigenvalue weighted by Gasteiger charge is 2.40. The second kappa shape index (κ2) is 8.03. The summed E-state index contributed by atoms with van der Waals surface area (Å²) in [6, 6.07) is 4.46. The van der Waals surface area contributed by atoms with E-state index in [4.69, 9.17) is 27.9 Å². The van der Waals surface area contributed by atoms with E-state index in [-0.39, 0.29) is 23.9 Å². The molecule has 0 aromatic heterocycles. The lowest BCUT2D eigenvalue weighted by Gasteiger charge is -2.18. The Bertz CT molecular complexity index is 463. The molecule has 0 heterocycles. The second-order valence-corrected chi connectivity index (χ2v) is 5.08. The Morgan fingerprint density at radius 3 is 2.57 bits per heavy atom. The van der Waals surface area contributed by atoms with Crippen LogP contribution in [0.2, 0.25) is 10.0 Å². The summed E-state index contributed by atoms with van der Waals surface area (Å²) in [7, 11) is 0. The SMILES string of the molecule is OC(CNCC(F)(F)C(F)F)COc1cc(Cl)ccc1Cl. The minimum atomic E-state index is -4.14. The molecule has 3 nitrogen and oxygen atoms in total. The second-order valence-electron chi connectivity index (χ2n) is 4.23. The van der Waals surface area contributed by atoms with Crippen LogP contribution < -0.4 is 10.1 Å². The molecular formula is C12H13Cl2F4NO2. The molecule has 0 amide bonds. The van der Waals surface area contributed by atoms with Crippen LogP contribution in [0.25, 0.3) is 0 Å². The standard InChI is InChI=1S/C12H13Cl2F4NO2/c13-7-1-2-9(14)10(3-7)21-5-8(20)4-19-6-12(17,18)11(15)16/h1-3,8,11,19-20H,4-6H2. The van der Waals surface area contributed by atoms with Gasteiger partial charge in [-0.3, -0.25) is 0 Å². The van der Waals surface area contributed by atoms with Gasteiger partial charge in [0.25, 0.3) is 0 Å². The summed E-state index contributed by atoms with van der Waals surface area (Å²) in [6.45, 7) is -1.83. The third-order valence-electron chi connectivity index (χ3n) is 2.38. The molecule has 1 aromatic rings. The summed E-state index contributed by atoms with van der Waals surface area (Å²) in [5.41, 5.74) is 0. The number of hydrogen-bond donors (Lipinski definition) is 2. The number of aliphatic hydroxyl groups is 1. The van der Waals surface area contributed by atoms with E-state index in [1.807, 2.05) is 5.32 Å². The van der Waals surface area contributed by atoms with Crippen molar-refractivity contribution >= 4 is 23.2 Å². The highest BCUT2D eigenvalue weighted by atomic mass is 35.5. The van der Waals surface area contributed by atoms with Gasteiger partial charge in [0.05, 0.1) is 11.6 Å². The van der Waals surface area contributed by atoms with Gasteiger partial charge in [0.15, 0.2) is 0 Å². The maximum atomic E-state index is 12.6. The van der Waals surface area contributed by atoms with E-state index in [2.05, 4.69) is 0 Å². The van der Waals surface area contributed by atoms with Gasteiger partial charge in [0.2, 0.25) is 0 Å². The minimum Gasteiger partial charge on any atom is -0.489 e. The molecule has 0 bridgehead atoms. The average molecular weight is 350 g/mol. The number of halogens is 6. The molecule has 9 heteroatoms. The molecule has 21 heavy (non-hydrogen) atoms. The van der Waals surface area contributed by atoms with Crippen molar-refractivity contribution in [3.63, 3.8) is 0 Å². The molecule has 0 saturated carbocycles. The highest BCUT2D eigenvalue weighted by Crippen LogP contribution is 2.27. The lowest BCUT2D eigenvalue weighted by atomic mass is 10.3. The van der Waals surface area contributed by atoms with Crippen LogP contribution in [0.3, 0.4) is 0 Å². The zero-order chi connectivity index (χ0) is 16.0. The molecule has 120 valence electrons. The fraction of sp³-hybridized carbons (Fsp3) is 0.500. The third-order valence-corrected chi connectivity index (χ3v) is 2.93. The zero-order valence-corrected chi connectivity index (χ0v) is 12.1. The first-order valence-corrected chi connectivity index (χ1v) is 6.60. The fourth-order valence-electron chi connectivity index (χ4n) is 1.32. The van der Waals surface area contributed by atoms with E-state index < -0.39 is 25.0 Å². The molecule has 2 N–H and O–H groups in total. The Morgan fingerprint density at radius 1 is 1.29 bits per heavy atom. The molecule has 0 fully saturated rings. The maximum absolute atomic E-state index is 12.6. The molecule has 0 aliphatic rings. The molecule has 0 spiro atoms. The van der Waals surface area contributed by atoms with E-state index in [0.717, 1.165) is 0 Å². The Balaban J connectivity index is 2.34. The van der Waals surface area contributed by atoms with Crippen LogP contribution in [0.5, 0.6) is 5.75 Å². The molecule has 0 radical (unpaired) electrons. The number of alkyl halides is 4. The highest BCUT2D eigenvalue weighted by molar-refractivity contribution is 6.34. The molecule has 1 aromatic carbocycles. The van der Waals surface area contributed by atoms with Crippen LogP contribution in [0, 0.1) is 0 Å². The van der Waals surface area contributed by atoms with Crippen molar-refractivity contribution in [2.75, 3.05) is 19.7 Å². The lowest BCUT2D eigenvalue weighted by Crippen LogP contribution is -2.42. The molecule has 1 atom stereocenters. The largest absolute Gasteiger partial charge is 0.489 e. The van der Waals surface area contributed by atoms with Gasteiger partial charge in [-0.1, -0.05) is 23.2 Å². The summed E-state index contributed by atoms with van der Waals surface area (Å²) in [5, 5.41) is 12.2. The van der Waals surface area contributed by atoms with Crippen molar-refractivity contribution in [1.82, 2.24) is 5.32 Å². The zero-order valence-electron chi connectivity index (χ0n) is 10.6. The first-order chi connectivity index (χ1) is 9.72. The van der Waals surface area contributed by atoms with Crippen LogP contribution in [0.1, 0.15) is 0 Å². The maximum Gasteiger partial charge on any atom is 0.319 e. The lowest BCUT2D eigenvalue weighted by molar-refractivity contribution is -0.125. The number of rotatable bonds is 8. The first-order valence-electron chi connectivity index (χ1n) is 5.85. The summed E-state index contributed by atoms with van der Waals surface area (Å²) in [4.78, 5) is 0. The Kier molecular flexibility index (Phi) is 6.99. The number of nitrogens with one attached hydrogen (secondary N) is 1. The van der Waals surface area contributed by atoms with Crippen LogP contribution >= 0.6 is 23.2 Å². The van der Waals surface area contributed by atoms with E-state index in [9.17, 15) is 22.7 Å². The third kappa shape index (κ3) is 6.25. The molecule has 1 rings (SSSR count). The number of ether oxygens (including phenoxy) is 1.